The predicted molar refractivity (Wildman–Crippen MR) is 49.9 cm³/mol. The Hall–Kier alpha value is -0.550. The van der Waals surface area contributed by atoms with E-state index in [4.69, 9.17) is 0 Å². The molecule has 2 atom stereocenters. The first kappa shape index (κ1) is 7.82. The standard InChI is InChI=1S/C11H16N2/c12-7-11-4-8-1-9(5-11)3-10(2-8)6-13-11/h8-10,13H,1-6H2. The van der Waals surface area contributed by atoms with Gasteiger partial charge < -0.3 is 0 Å². The third-order valence-corrected chi connectivity index (χ3v) is 4.22. The van der Waals surface area contributed by atoms with Gasteiger partial charge in [0.05, 0.1) is 6.07 Å². The van der Waals surface area contributed by atoms with Crippen LogP contribution in [0, 0.1) is 29.1 Å². The van der Waals surface area contributed by atoms with Crippen LogP contribution in [-0.4, -0.2) is 12.1 Å². The van der Waals surface area contributed by atoms with Gasteiger partial charge in [-0.25, -0.2) is 0 Å². The van der Waals surface area contributed by atoms with E-state index in [2.05, 4.69) is 11.4 Å². The predicted octanol–water partition coefficient (Wildman–Crippen LogP) is 1.68. The zero-order chi connectivity index (χ0) is 8.89. The van der Waals surface area contributed by atoms with E-state index in [-0.39, 0.29) is 5.54 Å². The van der Waals surface area contributed by atoms with Crippen LogP contribution >= 0.6 is 0 Å². The molecular weight excluding hydrogens is 160 g/mol. The molecule has 13 heavy (non-hydrogen) atoms. The second-order valence-electron chi connectivity index (χ2n) is 5.29. The molecule has 4 rings (SSSR count). The normalized spacial score (nSPS) is 53.0. The van der Waals surface area contributed by atoms with Crippen LogP contribution in [0.3, 0.4) is 0 Å². The molecule has 2 saturated carbocycles. The molecule has 4 fully saturated rings. The number of fused-ring (bicyclic) bond motifs is 1. The molecule has 2 heterocycles. The minimum atomic E-state index is -0.126. The summed E-state index contributed by atoms with van der Waals surface area (Å²) in [6.45, 7) is 1.10. The Morgan fingerprint density at radius 3 is 2.31 bits per heavy atom. The zero-order valence-electron chi connectivity index (χ0n) is 7.92. The molecule has 0 radical (unpaired) electrons. The Morgan fingerprint density at radius 2 is 1.69 bits per heavy atom. The highest BCUT2D eigenvalue weighted by molar-refractivity contribution is 5.14. The number of rotatable bonds is 0. The molecule has 2 aliphatic carbocycles. The van der Waals surface area contributed by atoms with E-state index in [1.807, 2.05) is 0 Å². The van der Waals surface area contributed by atoms with Crippen molar-refractivity contribution in [2.75, 3.05) is 6.54 Å². The lowest BCUT2D eigenvalue weighted by molar-refractivity contribution is 0.133. The maximum Gasteiger partial charge on any atom is 0.107 e. The fraction of sp³-hybridized carbons (Fsp3) is 0.909. The van der Waals surface area contributed by atoms with Crippen LogP contribution < -0.4 is 5.32 Å². The average molecular weight is 176 g/mol. The fourth-order valence-corrected chi connectivity index (χ4v) is 3.89. The van der Waals surface area contributed by atoms with Crippen molar-refractivity contribution >= 4 is 0 Å². The number of hydrogen-bond acceptors (Lipinski definition) is 2. The molecule has 2 nitrogen and oxygen atoms in total. The molecule has 0 amide bonds. The summed E-state index contributed by atoms with van der Waals surface area (Å²) >= 11 is 0. The molecule has 0 spiro atoms. The molecule has 0 aromatic carbocycles. The Labute approximate surface area is 79.3 Å². The van der Waals surface area contributed by atoms with Crippen LogP contribution in [0.4, 0.5) is 0 Å². The van der Waals surface area contributed by atoms with Gasteiger partial charge in [0.25, 0.3) is 0 Å². The van der Waals surface area contributed by atoms with Crippen LogP contribution in [-0.2, 0) is 0 Å². The maximum atomic E-state index is 9.24. The molecule has 2 aliphatic heterocycles. The van der Waals surface area contributed by atoms with Gasteiger partial charge in [-0.1, -0.05) is 0 Å². The highest BCUT2D eigenvalue weighted by Crippen LogP contribution is 2.48. The van der Waals surface area contributed by atoms with Crippen LogP contribution in [0.25, 0.3) is 0 Å². The Bertz CT molecular complexity index is 252. The average Bonchev–Trinajstić information content (AvgIpc) is 2.32. The van der Waals surface area contributed by atoms with Gasteiger partial charge in [-0.15, -0.1) is 0 Å². The molecule has 2 saturated heterocycles. The largest absolute Gasteiger partial charge is 0.299 e. The molecule has 2 heteroatoms. The van der Waals surface area contributed by atoms with Crippen molar-refractivity contribution in [2.45, 2.75) is 37.6 Å². The SMILES string of the molecule is N#CC12CC3CC(CN1)CC(C3)C2. The van der Waals surface area contributed by atoms with E-state index in [1.54, 1.807) is 0 Å². The second kappa shape index (κ2) is 2.48. The van der Waals surface area contributed by atoms with Crippen molar-refractivity contribution in [1.82, 2.24) is 5.32 Å². The molecule has 4 bridgehead atoms. The summed E-state index contributed by atoms with van der Waals surface area (Å²) < 4.78 is 0. The van der Waals surface area contributed by atoms with Gasteiger partial charge in [-0.2, -0.15) is 5.26 Å². The lowest BCUT2D eigenvalue weighted by atomic mass is 9.64. The topological polar surface area (TPSA) is 35.8 Å². The van der Waals surface area contributed by atoms with Gasteiger partial charge in [-0.3, -0.25) is 5.32 Å². The van der Waals surface area contributed by atoms with E-state index in [1.165, 1.54) is 19.3 Å². The van der Waals surface area contributed by atoms with Crippen molar-refractivity contribution < 1.29 is 0 Å². The minimum Gasteiger partial charge on any atom is -0.299 e. The van der Waals surface area contributed by atoms with Crippen LogP contribution in [0.1, 0.15) is 32.1 Å². The smallest absolute Gasteiger partial charge is 0.107 e. The van der Waals surface area contributed by atoms with Gasteiger partial charge in [0, 0.05) is 0 Å². The van der Waals surface area contributed by atoms with Gasteiger partial charge in [0.15, 0.2) is 0 Å². The number of nitrogens with zero attached hydrogens (tertiary/aromatic N) is 1. The summed E-state index contributed by atoms with van der Waals surface area (Å²) in [5.41, 5.74) is -0.126. The molecule has 70 valence electrons. The Morgan fingerprint density at radius 1 is 1.08 bits per heavy atom. The second-order valence-corrected chi connectivity index (χ2v) is 5.29. The highest BCUT2D eigenvalue weighted by atomic mass is 15.0. The molecule has 0 aromatic heterocycles. The molecule has 4 aliphatic rings. The fourth-order valence-electron chi connectivity index (χ4n) is 3.89. The van der Waals surface area contributed by atoms with Gasteiger partial charge in [0.1, 0.15) is 5.54 Å². The summed E-state index contributed by atoms with van der Waals surface area (Å²) in [7, 11) is 0. The van der Waals surface area contributed by atoms with E-state index < -0.39 is 0 Å². The first-order valence-corrected chi connectivity index (χ1v) is 5.46. The zero-order valence-corrected chi connectivity index (χ0v) is 7.92. The number of nitrogens with one attached hydrogen (secondary N) is 1. The summed E-state index contributed by atoms with van der Waals surface area (Å²) in [6.07, 6.45) is 6.41. The number of hydrogen-bond donors (Lipinski definition) is 1. The lowest BCUT2D eigenvalue weighted by Crippen LogP contribution is -2.47. The Kier molecular flexibility index (Phi) is 1.49. The molecule has 2 unspecified atom stereocenters. The van der Waals surface area contributed by atoms with Gasteiger partial charge in [-0.05, 0) is 56.4 Å². The summed E-state index contributed by atoms with van der Waals surface area (Å²) in [6, 6.07) is 2.53. The van der Waals surface area contributed by atoms with Crippen molar-refractivity contribution in [2.24, 2.45) is 17.8 Å². The van der Waals surface area contributed by atoms with Gasteiger partial charge in [0.2, 0.25) is 0 Å². The number of nitriles is 1. The van der Waals surface area contributed by atoms with E-state index >= 15 is 0 Å². The summed E-state index contributed by atoms with van der Waals surface area (Å²) in [5.74, 6) is 2.58. The van der Waals surface area contributed by atoms with Gasteiger partial charge >= 0.3 is 0 Å². The van der Waals surface area contributed by atoms with Crippen LogP contribution in [0.5, 0.6) is 0 Å². The van der Waals surface area contributed by atoms with Crippen LogP contribution in [0.15, 0.2) is 0 Å². The maximum absolute atomic E-state index is 9.24. The lowest BCUT2D eigenvalue weighted by Gasteiger charge is -2.41. The van der Waals surface area contributed by atoms with Crippen molar-refractivity contribution in [1.29, 1.82) is 5.26 Å². The van der Waals surface area contributed by atoms with Crippen molar-refractivity contribution in [3.63, 3.8) is 0 Å². The van der Waals surface area contributed by atoms with E-state index in [0.29, 0.717) is 0 Å². The summed E-state index contributed by atoms with van der Waals surface area (Å²) in [5, 5.41) is 12.7. The first-order chi connectivity index (χ1) is 6.30. The monoisotopic (exact) mass is 176 g/mol. The molecule has 1 N–H and O–H groups in total. The molecule has 0 aromatic rings. The van der Waals surface area contributed by atoms with Crippen LogP contribution in [0.2, 0.25) is 0 Å². The molecular formula is C11H16N2. The highest BCUT2D eigenvalue weighted by Gasteiger charge is 2.47. The summed E-state index contributed by atoms with van der Waals surface area (Å²) in [4.78, 5) is 0. The quantitative estimate of drug-likeness (QED) is 0.609. The third-order valence-electron chi connectivity index (χ3n) is 4.22. The van der Waals surface area contributed by atoms with E-state index in [0.717, 1.165) is 37.1 Å². The Balaban J connectivity index is 1.97. The van der Waals surface area contributed by atoms with Crippen molar-refractivity contribution in [3.8, 4) is 6.07 Å². The van der Waals surface area contributed by atoms with E-state index in [9.17, 15) is 5.26 Å². The minimum absolute atomic E-state index is 0.126. The van der Waals surface area contributed by atoms with Crippen molar-refractivity contribution in [3.05, 3.63) is 0 Å². The third kappa shape index (κ3) is 1.10. The first-order valence-electron chi connectivity index (χ1n) is 5.46.